The molecule has 0 bridgehead atoms. The highest BCUT2D eigenvalue weighted by atomic mass is 16.5. The van der Waals surface area contributed by atoms with E-state index in [4.69, 9.17) is 4.74 Å². The molecular formula is C17H25N3O3. The zero-order valence-corrected chi connectivity index (χ0v) is 14.0. The van der Waals surface area contributed by atoms with Crippen LogP contribution in [0.1, 0.15) is 31.1 Å². The number of anilines is 1. The van der Waals surface area contributed by atoms with Crippen molar-refractivity contribution in [3.8, 4) is 0 Å². The number of benzene rings is 1. The Labute approximate surface area is 137 Å². The van der Waals surface area contributed by atoms with Gasteiger partial charge in [-0.05, 0) is 39.0 Å². The number of carbonyl (C=O) groups is 2. The summed E-state index contributed by atoms with van der Waals surface area (Å²) in [6, 6.07) is 6.92. The fourth-order valence-electron chi connectivity index (χ4n) is 2.63. The van der Waals surface area contributed by atoms with Crippen LogP contribution in [0.3, 0.4) is 0 Å². The summed E-state index contributed by atoms with van der Waals surface area (Å²) in [5.41, 5.74) is 1.21. The number of amides is 3. The van der Waals surface area contributed by atoms with Gasteiger partial charge in [-0.25, -0.2) is 4.79 Å². The third-order valence-electron chi connectivity index (χ3n) is 3.94. The van der Waals surface area contributed by atoms with Crippen molar-refractivity contribution < 1.29 is 14.3 Å². The number of rotatable bonds is 4. The van der Waals surface area contributed by atoms with Crippen molar-refractivity contribution in [2.45, 2.75) is 26.9 Å². The van der Waals surface area contributed by atoms with E-state index in [1.807, 2.05) is 20.8 Å². The lowest BCUT2D eigenvalue weighted by Gasteiger charge is -2.31. The second-order valence-corrected chi connectivity index (χ2v) is 5.62. The SMILES string of the molecule is CCN(CC)C(=O)Nc1cccc(C(=O)N2CCOC(C)C2)c1. The third-order valence-corrected chi connectivity index (χ3v) is 3.94. The summed E-state index contributed by atoms with van der Waals surface area (Å²) in [6.45, 7) is 8.87. The highest BCUT2D eigenvalue weighted by molar-refractivity contribution is 5.97. The van der Waals surface area contributed by atoms with E-state index in [0.717, 1.165) is 0 Å². The molecular weight excluding hydrogens is 294 g/mol. The van der Waals surface area contributed by atoms with Crippen LogP contribution in [-0.4, -0.2) is 60.6 Å². The standard InChI is InChI=1S/C17H25N3O3/c1-4-19(5-2)17(22)18-15-8-6-7-14(11-15)16(21)20-9-10-23-13(3)12-20/h6-8,11,13H,4-5,9-10,12H2,1-3H3,(H,18,22). The van der Waals surface area contributed by atoms with E-state index in [0.29, 0.717) is 44.0 Å². The molecule has 1 atom stereocenters. The number of hydrogen-bond donors (Lipinski definition) is 1. The van der Waals surface area contributed by atoms with Crippen molar-refractivity contribution in [2.75, 3.05) is 38.1 Å². The number of morpholine rings is 1. The average molecular weight is 319 g/mol. The van der Waals surface area contributed by atoms with Gasteiger partial charge in [-0.3, -0.25) is 4.79 Å². The van der Waals surface area contributed by atoms with Crippen LogP contribution in [0.25, 0.3) is 0 Å². The highest BCUT2D eigenvalue weighted by Gasteiger charge is 2.22. The Balaban J connectivity index is 2.07. The molecule has 2 rings (SSSR count). The first kappa shape index (κ1) is 17.3. The Hall–Kier alpha value is -2.08. The minimum atomic E-state index is -0.153. The van der Waals surface area contributed by atoms with E-state index in [9.17, 15) is 9.59 Å². The Morgan fingerprint density at radius 1 is 1.35 bits per heavy atom. The summed E-state index contributed by atoms with van der Waals surface area (Å²) in [5.74, 6) is -0.0286. The minimum Gasteiger partial charge on any atom is -0.375 e. The van der Waals surface area contributed by atoms with Gasteiger partial charge in [-0.2, -0.15) is 0 Å². The average Bonchev–Trinajstić information content (AvgIpc) is 2.55. The molecule has 1 fully saturated rings. The second-order valence-electron chi connectivity index (χ2n) is 5.62. The van der Waals surface area contributed by atoms with Crippen molar-refractivity contribution in [3.63, 3.8) is 0 Å². The maximum absolute atomic E-state index is 12.6. The molecule has 1 aromatic carbocycles. The van der Waals surface area contributed by atoms with Crippen molar-refractivity contribution in [3.05, 3.63) is 29.8 Å². The van der Waals surface area contributed by atoms with E-state index >= 15 is 0 Å². The first-order valence-electron chi connectivity index (χ1n) is 8.12. The molecule has 1 aliphatic heterocycles. The molecule has 0 saturated carbocycles. The number of ether oxygens (including phenoxy) is 1. The molecule has 0 aromatic heterocycles. The molecule has 1 unspecified atom stereocenters. The number of nitrogens with one attached hydrogen (secondary N) is 1. The predicted molar refractivity (Wildman–Crippen MR) is 89.7 cm³/mol. The van der Waals surface area contributed by atoms with Crippen molar-refractivity contribution >= 4 is 17.6 Å². The fraction of sp³-hybridized carbons (Fsp3) is 0.529. The molecule has 23 heavy (non-hydrogen) atoms. The number of nitrogens with zero attached hydrogens (tertiary/aromatic N) is 2. The molecule has 3 amide bonds. The van der Waals surface area contributed by atoms with Crippen LogP contribution < -0.4 is 5.32 Å². The molecule has 126 valence electrons. The molecule has 1 aromatic rings. The van der Waals surface area contributed by atoms with Crippen molar-refractivity contribution in [2.24, 2.45) is 0 Å². The van der Waals surface area contributed by atoms with E-state index in [1.54, 1.807) is 34.1 Å². The van der Waals surface area contributed by atoms with Crippen molar-refractivity contribution in [1.29, 1.82) is 0 Å². The van der Waals surface area contributed by atoms with Crippen LogP contribution in [-0.2, 0) is 4.74 Å². The van der Waals surface area contributed by atoms with Gasteiger partial charge >= 0.3 is 6.03 Å². The Morgan fingerprint density at radius 2 is 2.09 bits per heavy atom. The number of hydrogen-bond acceptors (Lipinski definition) is 3. The van der Waals surface area contributed by atoms with Crippen LogP contribution in [0, 0.1) is 0 Å². The van der Waals surface area contributed by atoms with Gasteiger partial charge in [-0.1, -0.05) is 6.07 Å². The Morgan fingerprint density at radius 3 is 2.74 bits per heavy atom. The zero-order chi connectivity index (χ0) is 16.8. The maximum atomic E-state index is 12.6. The largest absolute Gasteiger partial charge is 0.375 e. The first-order chi connectivity index (χ1) is 11.0. The number of carbonyl (C=O) groups excluding carboxylic acids is 2. The van der Waals surface area contributed by atoms with E-state index in [1.165, 1.54) is 0 Å². The molecule has 1 heterocycles. The van der Waals surface area contributed by atoms with Crippen LogP contribution in [0.5, 0.6) is 0 Å². The third kappa shape index (κ3) is 4.45. The van der Waals surface area contributed by atoms with E-state index < -0.39 is 0 Å². The van der Waals surface area contributed by atoms with Gasteiger partial charge in [0.2, 0.25) is 0 Å². The van der Waals surface area contributed by atoms with Crippen LogP contribution in [0.15, 0.2) is 24.3 Å². The second kappa shape index (κ2) is 7.97. The highest BCUT2D eigenvalue weighted by Crippen LogP contribution is 2.15. The molecule has 6 heteroatoms. The molecule has 1 aliphatic rings. The molecule has 0 spiro atoms. The maximum Gasteiger partial charge on any atom is 0.321 e. The minimum absolute atomic E-state index is 0.0286. The van der Waals surface area contributed by atoms with Crippen LogP contribution in [0.2, 0.25) is 0 Å². The zero-order valence-electron chi connectivity index (χ0n) is 14.0. The molecule has 0 aliphatic carbocycles. The monoisotopic (exact) mass is 319 g/mol. The fourth-order valence-corrected chi connectivity index (χ4v) is 2.63. The lowest BCUT2D eigenvalue weighted by Crippen LogP contribution is -2.44. The smallest absolute Gasteiger partial charge is 0.321 e. The quantitative estimate of drug-likeness (QED) is 0.927. The summed E-state index contributed by atoms with van der Waals surface area (Å²) in [6.07, 6.45) is 0.0539. The summed E-state index contributed by atoms with van der Waals surface area (Å²) in [7, 11) is 0. The van der Waals surface area contributed by atoms with Gasteiger partial charge in [0, 0.05) is 37.4 Å². The first-order valence-corrected chi connectivity index (χ1v) is 8.12. The summed E-state index contributed by atoms with van der Waals surface area (Å²) in [5, 5.41) is 2.84. The van der Waals surface area contributed by atoms with Gasteiger partial charge in [-0.15, -0.1) is 0 Å². The lowest BCUT2D eigenvalue weighted by molar-refractivity contribution is -0.0124. The lowest BCUT2D eigenvalue weighted by atomic mass is 10.1. The van der Waals surface area contributed by atoms with Gasteiger partial charge in [0.25, 0.3) is 5.91 Å². The van der Waals surface area contributed by atoms with Crippen LogP contribution in [0.4, 0.5) is 10.5 Å². The Kier molecular flexibility index (Phi) is 5.98. The summed E-state index contributed by atoms with van der Waals surface area (Å²) in [4.78, 5) is 28.2. The van der Waals surface area contributed by atoms with E-state index in [-0.39, 0.29) is 18.0 Å². The van der Waals surface area contributed by atoms with Crippen molar-refractivity contribution in [1.82, 2.24) is 9.80 Å². The molecule has 0 radical (unpaired) electrons. The summed E-state index contributed by atoms with van der Waals surface area (Å²) < 4.78 is 5.47. The van der Waals surface area contributed by atoms with Gasteiger partial charge in [0.05, 0.1) is 12.7 Å². The predicted octanol–water partition coefficient (Wildman–Crippen LogP) is 2.42. The summed E-state index contributed by atoms with van der Waals surface area (Å²) >= 11 is 0. The molecule has 6 nitrogen and oxygen atoms in total. The molecule has 1 N–H and O–H groups in total. The van der Waals surface area contributed by atoms with E-state index in [2.05, 4.69) is 5.32 Å². The molecule has 1 saturated heterocycles. The number of urea groups is 1. The normalized spacial score (nSPS) is 17.7. The Bertz CT molecular complexity index is 558. The topological polar surface area (TPSA) is 61.9 Å². The van der Waals surface area contributed by atoms with Gasteiger partial charge < -0.3 is 19.9 Å². The van der Waals surface area contributed by atoms with Gasteiger partial charge in [0.15, 0.2) is 0 Å². The van der Waals surface area contributed by atoms with Crippen LogP contribution >= 0.6 is 0 Å². The van der Waals surface area contributed by atoms with Gasteiger partial charge in [0.1, 0.15) is 0 Å².